The maximum Gasteiger partial charge on any atom is 0.255 e. The number of carbonyl (C=O) groups is 1. The van der Waals surface area contributed by atoms with Gasteiger partial charge in [-0.2, -0.15) is 5.26 Å². The summed E-state index contributed by atoms with van der Waals surface area (Å²) in [5.41, 5.74) is 1.01. The second kappa shape index (κ2) is 9.09. The molecule has 1 fully saturated rings. The lowest BCUT2D eigenvalue weighted by Crippen LogP contribution is -2.41. The molecule has 1 aliphatic rings. The van der Waals surface area contributed by atoms with Gasteiger partial charge in [0.1, 0.15) is 11.9 Å². The van der Waals surface area contributed by atoms with Crippen LogP contribution in [0.3, 0.4) is 0 Å². The predicted octanol–water partition coefficient (Wildman–Crippen LogP) is 2.62. The van der Waals surface area contributed by atoms with Gasteiger partial charge < -0.3 is 19.7 Å². The molecule has 1 N–H and O–H groups in total. The van der Waals surface area contributed by atoms with E-state index in [9.17, 15) is 4.79 Å². The van der Waals surface area contributed by atoms with E-state index in [0.717, 1.165) is 31.7 Å². The van der Waals surface area contributed by atoms with Crippen molar-refractivity contribution in [2.75, 3.05) is 38.8 Å². The Balaban J connectivity index is 1.61. The zero-order valence-electron chi connectivity index (χ0n) is 16.1. The third-order valence-electron chi connectivity index (χ3n) is 4.92. The number of hydrogen-bond acceptors (Lipinski definition) is 6. The highest BCUT2D eigenvalue weighted by molar-refractivity contribution is 5.97. The van der Waals surface area contributed by atoms with Crippen molar-refractivity contribution in [2.45, 2.75) is 12.8 Å². The van der Waals surface area contributed by atoms with Crippen molar-refractivity contribution in [3.8, 4) is 17.6 Å². The Kier molecular flexibility index (Phi) is 6.33. The highest BCUT2D eigenvalue weighted by atomic mass is 16.5. The molecule has 28 heavy (non-hydrogen) atoms. The number of benzene rings is 1. The first-order valence-corrected chi connectivity index (χ1v) is 9.26. The number of nitriles is 1. The molecular weight excluding hydrogens is 356 g/mol. The second-order valence-electron chi connectivity index (χ2n) is 6.72. The predicted molar refractivity (Wildman–Crippen MR) is 106 cm³/mol. The van der Waals surface area contributed by atoms with Gasteiger partial charge in [0, 0.05) is 25.8 Å². The Bertz CT molecular complexity index is 861. The van der Waals surface area contributed by atoms with E-state index in [2.05, 4.69) is 21.3 Å². The van der Waals surface area contributed by atoms with E-state index < -0.39 is 0 Å². The molecule has 0 spiro atoms. The van der Waals surface area contributed by atoms with Gasteiger partial charge in [-0.3, -0.25) is 4.79 Å². The molecule has 1 atom stereocenters. The average molecular weight is 380 g/mol. The summed E-state index contributed by atoms with van der Waals surface area (Å²) in [6, 6.07) is 11.0. The zero-order chi connectivity index (χ0) is 19.9. The van der Waals surface area contributed by atoms with Crippen LogP contribution < -0.4 is 19.7 Å². The fourth-order valence-electron chi connectivity index (χ4n) is 3.48. The van der Waals surface area contributed by atoms with Crippen LogP contribution in [0.25, 0.3) is 0 Å². The lowest BCUT2D eigenvalue weighted by Gasteiger charge is -2.33. The number of piperidine rings is 1. The summed E-state index contributed by atoms with van der Waals surface area (Å²) < 4.78 is 10.6. The molecule has 2 heterocycles. The lowest BCUT2D eigenvalue weighted by molar-refractivity contribution is 0.0942. The van der Waals surface area contributed by atoms with Gasteiger partial charge in [-0.1, -0.05) is 6.07 Å². The summed E-state index contributed by atoms with van der Waals surface area (Å²) in [6.45, 7) is 2.31. The number of anilines is 1. The number of para-hydroxylation sites is 1. The maximum atomic E-state index is 12.7. The Hall–Kier alpha value is -3.27. The molecule has 7 nitrogen and oxygen atoms in total. The van der Waals surface area contributed by atoms with Crippen molar-refractivity contribution in [1.29, 1.82) is 5.26 Å². The number of nitrogens with zero attached hydrogens (tertiary/aromatic N) is 3. The summed E-state index contributed by atoms with van der Waals surface area (Å²) >= 11 is 0. The number of rotatable bonds is 6. The van der Waals surface area contributed by atoms with E-state index in [-0.39, 0.29) is 5.91 Å². The molecule has 146 valence electrons. The first kappa shape index (κ1) is 19.5. The Morgan fingerprint density at radius 2 is 2.18 bits per heavy atom. The quantitative estimate of drug-likeness (QED) is 0.829. The van der Waals surface area contributed by atoms with E-state index in [4.69, 9.17) is 14.7 Å². The van der Waals surface area contributed by atoms with E-state index in [1.54, 1.807) is 37.6 Å². The third-order valence-corrected chi connectivity index (χ3v) is 4.92. The fraction of sp³-hybridized carbons (Fsp3) is 0.381. The summed E-state index contributed by atoms with van der Waals surface area (Å²) in [4.78, 5) is 19.2. The summed E-state index contributed by atoms with van der Waals surface area (Å²) in [7, 11) is 3.07. The van der Waals surface area contributed by atoms with Crippen LogP contribution in [-0.4, -0.2) is 44.7 Å². The van der Waals surface area contributed by atoms with Crippen LogP contribution >= 0.6 is 0 Å². The first-order chi connectivity index (χ1) is 13.7. The van der Waals surface area contributed by atoms with Crippen molar-refractivity contribution in [2.24, 2.45) is 5.92 Å². The van der Waals surface area contributed by atoms with Crippen molar-refractivity contribution in [1.82, 2.24) is 10.3 Å². The minimum Gasteiger partial charge on any atom is -0.493 e. The van der Waals surface area contributed by atoms with E-state index >= 15 is 0 Å². The molecule has 0 aliphatic carbocycles. The van der Waals surface area contributed by atoms with Crippen molar-refractivity contribution in [3.05, 3.63) is 47.7 Å². The normalized spacial score (nSPS) is 16.2. The Labute approximate surface area is 164 Å². The molecule has 1 saturated heterocycles. The molecule has 1 amide bonds. The lowest BCUT2D eigenvalue weighted by atomic mass is 9.97. The summed E-state index contributed by atoms with van der Waals surface area (Å²) in [5.74, 6) is 1.99. The zero-order valence-corrected chi connectivity index (χ0v) is 16.1. The first-order valence-electron chi connectivity index (χ1n) is 9.26. The summed E-state index contributed by atoms with van der Waals surface area (Å²) in [6.07, 6.45) is 3.67. The minimum absolute atomic E-state index is 0.177. The highest BCUT2D eigenvalue weighted by Crippen LogP contribution is 2.30. The standard InChI is InChI=1S/C21H24N4O3/c1-27-18-7-3-6-17(20(18)28-2)21(26)24-13-16-5-4-10-25(14-16)19-9-8-15(11-22)12-23-19/h3,6-9,12,16H,4-5,10,13-14H2,1-2H3,(H,24,26)/t16-/m0/s1. The molecule has 7 heteroatoms. The largest absolute Gasteiger partial charge is 0.493 e. The summed E-state index contributed by atoms with van der Waals surface area (Å²) in [5, 5.41) is 11.9. The molecule has 3 rings (SSSR count). The molecule has 1 aliphatic heterocycles. The second-order valence-corrected chi connectivity index (χ2v) is 6.72. The molecule has 2 aromatic rings. The van der Waals surface area contributed by atoms with Crippen LogP contribution in [0.1, 0.15) is 28.8 Å². The van der Waals surface area contributed by atoms with Crippen molar-refractivity contribution < 1.29 is 14.3 Å². The highest BCUT2D eigenvalue weighted by Gasteiger charge is 2.23. The number of amides is 1. The van der Waals surface area contributed by atoms with Gasteiger partial charge in [0.2, 0.25) is 0 Å². The van der Waals surface area contributed by atoms with Crippen LogP contribution in [0.4, 0.5) is 5.82 Å². The molecular formula is C21H24N4O3. The van der Waals surface area contributed by atoms with Gasteiger partial charge in [0.05, 0.1) is 25.3 Å². The Morgan fingerprint density at radius 3 is 2.86 bits per heavy atom. The van der Waals surface area contributed by atoms with Gasteiger partial charge in [0.25, 0.3) is 5.91 Å². The smallest absolute Gasteiger partial charge is 0.255 e. The van der Waals surface area contributed by atoms with Crippen LogP contribution in [0.5, 0.6) is 11.5 Å². The van der Waals surface area contributed by atoms with Crippen LogP contribution in [0.2, 0.25) is 0 Å². The van der Waals surface area contributed by atoms with Crippen molar-refractivity contribution in [3.63, 3.8) is 0 Å². The maximum absolute atomic E-state index is 12.7. The number of ether oxygens (including phenoxy) is 2. The minimum atomic E-state index is -0.177. The van der Waals surface area contributed by atoms with E-state index in [1.165, 1.54) is 7.11 Å². The van der Waals surface area contributed by atoms with Gasteiger partial charge in [-0.05, 0) is 43.0 Å². The number of nitrogens with one attached hydrogen (secondary N) is 1. The molecule has 0 radical (unpaired) electrons. The molecule has 1 aromatic carbocycles. The molecule has 0 saturated carbocycles. The molecule has 0 unspecified atom stereocenters. The number of hydrogen-bond donors (Lipinski definition) is 1. The fourth-order valence-corrected chi connectivity index (χ4v) is 3.48. The SMILES string of the molecule is COc1cccc(C(=O)NC[C@@H]2CCCN(c3ccc(C#N)cn3)C2)c1OC. The van der Waals surface area contributed by atoms with Gasteiger partial charge >= 0.3 is 0 Å². The molecule has 1 aromatic heterocycles. The van der Waals surface area contributed by atoms with Crippen LogP contribution in [-0.2, 0) is 0 Å². The van der Waals surface area contributed by atoms with Crippen LogP contribution in [0.15, 0.2) is 36.5 Å². The third kappa shape index (κ3) is 4.34. The average Bonchev–Trinajstić information content (AvgIpc) is 2.77. The number of methoxy groups -OCH3 is 2. The number of pyridine rings is 1. The number of aromatic nitrogens is 1. The molecule has 0 bridgehead atoms. The monoisotopic (exact) mass is 380 g/mol. The van der Waals surface area contributed by atoms with Gasteiger partial charge in [-0.25, -0.2) is 4.98 Å². The topological polar surface area (TPSA) is 87.5 Å². The number of carbonyl (C=O) groups excluding carboxylic acids is 1. The van der Waals surface area contributed by atoms with Gasteiger partial charge in [0.15, 0.2) is 11.5 Å². The van der Waals surface area contributed by atoms with Crippen molar-refractivity contribution >= 4 is 11.7 Å². The Morgan fingerprint density at radius 1 is 1.32 bits per heavy atom. The van der Waals surface area contributed by atoms with E-state index in [1.807, 2.05) is 6.07 Å². The van der Waals surface area contributed by atoms with E-state index in [0.29, 0.717) is 35.1 Å². The van der Waals surface area contributed by atoms with Gasteiger partial charge in [-0.15, -0.1) is 0 Å². The van der Waals surface area contributed by atoms with Crippen LogP contribution in [0, 0.1) is 17.2 Å².